The number of halogens is 3. The van der Waals surface area contributed by atoms with Gasteiger partial charge in [0.05, 0.1) is 11.3 Å². The topological polar surface area (TPSA) is 19.4 Å². The van der Waals surface area contributed by atoms with Gasteiger partial charge in [-0.25, -0.2) is 0 Å². The summed E-state index contributed by atoms with van der Waals surface area (Å²) in [5.74, 6) is 0. The van der Waals surface area contributed by atoms with Crippen LogP contribution in [-0.2, 0) is 19.3 Å². The van der Waals surface area contributed by atoms with Gasteiger partial charge in [0.25, 0.3) is 0 Å². The molecule has 4 heterocycles. The molecule has 3 fully saturated rings. The van der Waals surface area contributed by atoms with E-state index in [0.717, 1.165) is 43.4 Å². The highest BCUT2D eigenvalue weighted by molar-refractivity contribution is 5.26. The summed E-state index contributed by atoms with van der Waals surface area (Å²) in [5, 5.41) is 0. The molecule has 132 valence electrons. The summed E-state index contributed by atoms with van der Waals surface area (Å²) in [7, 11) is 0. The fraction of sp³-hybridized carbons (Fsp3) is 0.421. The van der Waals surface area contributed by atoms with E-state index in [0.29, 0.717) is 18.6 Å². The van der Waals surface area contributed by atoms with Crippen LogP contribution in [0.25, 0.3) is 0 Å². The summed E-state index contributed by atoms with van der Waals surface area (Å²) in [4.78, 5) is 9.10. The number of nitrogens with zero attached hydrogens (tertiary/aromatic N) is 3. The largest absolute Gasteiger partial charge is 0.416 e. The van der Waals surface area contributed by atoms with Crippen molar-refractivity contribution in [3.05, 3.63) is 65.5 Å². The van der Waals surface area contributed by atoms with Crippen LogP contribution in [-0.4, -0.2) is 40.0 Å². The van der Waals surface area contributed by atoms with Gasteiger partial charge in [-0.1, -0.05) is 24.3 Å². The number of piperazine rings is 1. The van der Waals surface area contributed by atoms with Crippen molar-refractivity contribution in [3.8, 4) is 0 Å². The minimum atomic E-state index is -4.28. The molecule has 0 spiro atoms. The minimum absolute atomic E-state index is 0.428. The molecule has 2 atom stereocenters. The smallest absolute Gasteiger partial charge is 0.294 e. The molecule has 6 heteroatoms. The van der Waals surface area contributed by atoms with Gasteiger partial charge in [0, 0.05) is 44.5 Å². The third-order valence-corrected chi connectivity index (χ3v) is 5.15. The summed E-state index contributed by atoms with van der Waals surface area (Å²) in [6.07, 6.45) is -1.34. The van der Waals surface area contributed by atoms with Crippen LogP contribution in [0.2, 0.25) is 0 Å². The Morgan fingerprint density at radius 3 is 2.48 bits per heavy atom. The Morgan fingerprint density at radius 2 is 1.80 bits per heavy atom. The van der Waals surface area contributed by atoms with Crippen molar-refractivity contribution in [2.75, 3.05) is 13.1 Å². The summed E-state index contributed by atoms with van der Waals surface area (Å²) < 4.78 is 38.6. The van der Waals surface area contributed by atoms with Crippen molar-refractivity contribution in [3.63, 3.8) is 0 Å². The molecule has 0 amide bonds. The summed E-state index contributed by atoms with van der Waals surface area (Å²) in [6.45, 7) is 3.33. The van der Waals surface area contributed by atoms with E-state index in [9.17, 15) is 13.2 Å². The molecule has 2 aromatic rings. The first-order chi connectivity index (χ1) is 12.0. The van der Waals surface area contributed by atoms with Crippen LogP contribution in [0.4, 0.5) is 13.2 Å². The van der Waals surface area contributed by atoms with Gasteiger partial charge in [-0.2, -0.15) is 13.2 Å². The van der Waals surface area contributed by atoms with Gasteiger partial charge in [0.1, 0.15) is 0 Å². The quantitative estimate of drug-likeness (QED) is 0.843. The Balaban J connectivity index is 1.37. The molecule has 2 unspecified atom stereocenters. The molecule has 1 aromatic heterocycles. The lowest BCUT2D eigenvalue weighted by atomic mass is 9.86. The van der Waals surface area contributed by atoms with Gasteiger partial charge in [-0.3, -0.25) is 14.8 Å². The lowest BCUT2D eigenvalue weighted by Gasteiger charge is -2.56. The molecule has 0 saturated carbocycles. The number of fused-ring (bicyclic) bond motifs is 2. The zero-order valence-corrected chi connectivity index (χ0v) is 13.8. The van der Waals surface area contributed by atoms with Gasteiger partial charge in [-0.15, -0.1) is 0 Å². The maximum absolute atomic E-state index is 12.9. The third-order valence-electron chi connectivity index (χ3n) is 5.15. The number of hydrogen-bond donors (Lipinski definition) is 0. The van der Waals surface area contributed by atoms with Gasteiger partial charge in [0.15, 0.2) is 0 Å². The highest BCUT2D eigenvalue weighted by Crippen LogP contribution is 2.35. The van der Waals surface area contributed by atoms with Crippen LogP contribution < -0.4 is 0 Å². The molecule has 3 aliphatic heterocycles. The maximum atomic E-state index is 12.9. The molecule has 1 aromatic carbocycles. The third kappa shape index (κ3) is 3.55. The van der Waals surface area contributed by atoms with Crippen LogP contribution >= 0.6 is 0 Å². The highest BCUT2D eigenvalue weighted by Gasteiger charge is 2.44. The predicted octanol–water partition coefficient (Wildman–Crippen LogP) is 3.56. The minimum Gasteiger partial charge on any atom is -0.294 e. The summed E-state index contributed by atoms with van der Waals surface area (Å²) >= 11 is 0. The number of aromatic nitrogens is 1. The zero-order valence-electron chi connectivity index (χ0n) is 13.8. The Morgan fingerprint density at radius 1 is 1.00 bits per heavy atom. The van der Waals surface area contributed by atoms with E-state index in [4.69, 9.17) is 0 Å². The van der Waals surface area contributed by atoms with Gasteiger partial charge in [-0.05, 0) is 30.2 Å². The van der Waals surface area contributed by atoms with Crippen LogP contribution in [0.1, 0.15) is 23.2 Å². The van der Waals surface area contributed by atoms with Crippen molar-refractivity contribution >= 4 is 0 Å². The standard InChI is InChI=1S/C19H20F3N3/c20-19(21,22)15-5-3-4-14(8-15)10-25-17-9-18(25)13-24(12-17)11-16-6-1-2-7-23-16/h1-8,17-18H,9-13H2. The molecule has 5 rings (SSSR count). The number of hydrogen-bond acceptors (Lipinski definition) is 3. The van der Waals surface area contributed by atoms with Crippen molar-refractivity contribution in [1.82, 2.24) is 14.8 Å². The lowest BCUT2D eigenvalue weighted by Crippen LogP contribution is -2.67. The SMILES string of the molecule is FC(F)(F)c1cccc(CN2C3CC2CN(Cc2ccccn2)C3)c1. The van der Waals surface area contributed by atoms with E-state index >= 15 is 0 Å². The van der Waals surface area contributed by atoms with Crippen LogP contribution in [0.3, 0.4) is 0 Å². The van der Waals surface area contributed by atoms with Gasteiger partial charge >= 0.3 is 6.18 Å². The first kappa shape index (κ1) is 16.5. The Hall–Kier alpha value is -1.92. The molecular weight excluding hydrogens is 327 g/mol. The molecule has 3 saturated heterocycles. The molecule has 2 bridgehead atoms. The molecule has 25 heavy (non-hydrogen) atoms. The normalized spacial score (nSPS) is 24.1. The van der Waals surface area contributed by atoms with Crippen LogP contribution in [0.15, 0.2) is 48.7 Å². The number of pyridine rings is 1. The Bertz CT molecular complexity index is 720. The van der Waals surface area contributed by atoms with E-state index < -0.39 is 11.7 Å². The molecule has 3 aliphatic rings. The lowest BCUT2D eigenvalue weighted by molar-refractivity contribution is -0.137. The van der Waals surface area contributed by atoms with Crippen LogP contribution in [0.5, 0.6) is 0 Å². The summed E-state index contributed by atoms with van der Waals surface area (Å²) in [6, 6.07) is 12.5. The first-order valence-corrected chi connectivity index (χ1v) is 8.53. The van der Waals surface area contributed by atoms with Gasteiger partial charge in [0.2, 0.25) is 0 Å². The van der Waals surface area contributed by atoms with Crippen molar-refractivity contribution in [1.29, 1.82) is 0 Å². The number of benzene rings is 1. The average Bonchev–Trinajstić information content (AvgIpc) is 2.60. The van der Waals surface area contributed by atoms with E-state index in [2.05, 4.69) is 14.8 Å². The monoisotopic (exact) mass is 347 g/mol. The molecular formula is C19H20F3N3. The number of alkyl halides is 3. The predicted molar refractivity (Wildman–Crippen MR) is 88.7 cm³/mol. The molecule has 3 nitrogen and oxygen atoms in total. The zero-order chi connectivity index (χ0) is 17.4. The van der Waals surface area contributed by atoms with Crippen molar-refractivity contribution < 1.29 is 13.2 Å². The number of rotatable bonds is 4. The second-order valence-corrected chi connectivity index (χ2v) is 6.93. The second-order valence-electron chi connectivity index (χ2n) is 6.93. The van der Waals surface area contributed by atoms with Gasteiger partial charge < -0.3 is 0 Å². The van der Waals surface area contributed by atoms with E-state index in [1.165, 1.54) is 12.1 Å². The first-order valence-electron chi connectivity index (χ1n) is 8.53. The van der Waals surface area contributed by atoms with Crippen molar-refractivity contribution in [2.24, 2.45) is 0 Å². The Kier molecular flexibility index (Phi) is 4.25. The van der Waals surface area contributed by atoms with Crippen LogP contribution in [0, 0.1) is 0 Å². The molecule has 0 N–H and O–H groups in total. The molecule has 0 radical (unpaired) electrons. The maximum Gasteiger partial charge on any atom is 0.416 e. The average molecular weight is 347 g/mol. The molecule has 0 aliphatic carbocycles. The fourth-order valence-electron chi connectivity index (χ4n) is 3.94. The van der Waals surface area contributed by atoms with E-state index in [1.54, 1.807) is 12.3 Å². The fourth-order valence-corrected chi connectivity index (χ4v) is 3.94. The number of piperidine rings is 1. The summed E-state index contributed by atoms with van der Waals surface area (Å²) in [5.41, 5.74) is 1.24. The second kappa shape index (κ2) is 6.42. The van der Waals surface area contributed by atoms with E-state index in [-0.39, 0.29) is 0 Å². The van der Waals surface area contributed by atoms with Crippen molar-refractivity contribution in [2.45, 2.75) is 37.8 Å². The van der Waals surface area contributed by atoms with E-state index in [1.807, 2.05) is 18.2 Å². The highest BCUT2D eigenvalue weighted by atomic mass is 19.4. The Labute approximate surface area is 145 Å².